The van der Waals surface area contributed by atoms with Gasteiger partial charge in [-0.2, -0.15) is 0 Å². The Labute approximate surface area is 195 Å². The van der Waals surface area contributed by atoms with Gasteiger partial charge in [-0.25, -0.2) is 14.8 Å². The van der Waals surface area contributed by atoms with E-state index in [9.17, 15) is 4.79 Å². The molecule has 0 spiro atoms. The minimum absolute atomic E-state index is 0.138. The minimum Gasteiger partial charge on any atom is -0.450 e. The highest BCUT2D eigenvalue weighted by Gasteiger charge is 2.35. The van der Waals surface area contributed by atoms with Gasteiger partial charge in [0.25, 0.3) is 0 Å². The van der Waals surface area contributed by atoms with Crippen LogP contribution in [0.3, 0.4) is 0 Å². The van der Waals surface area contributed by atoms with Crippen molar-refractivity contribution in [2.75, 3.05) is 31.1 Å². The van der Waals surface area contributed by atoms with Crippen LogP contribution in [0, 0.1) is 12.8 Å². The lowest BCUT2D eigenvalue weighted by molar-refractivity contribution is 0.100. The van der Waals surface area contributed by atoms with Crippen LogP contribution >= 0.6 is 0 Å². The van der Waals surface area contributed by atoms with Crippen molar-refractivity contribution in [1.82, 2.24) is 19.9 Å². The van der Waals surface area contributed by atoms with Gasteiger partial charge < -0.3 is 14.5 Å². The van der Waals surface area contributed by atoms with E-state index in [2.05, 4.69) is 41.9 Å². The predicted octanol–water partition coefficient (Wildman–Crippen LogP) is 4.28. The van der Waals surface area contributed by atoms with Crippen LogP contribution in [0.4, 0.5) is 10.6 Å². The number of hydrogen-bond donors (Lipinski definition) is 0. The molecule has 0 unspecified atom stereocenters. The molecule has 0 N–H and O–H groups in total. The van der Waals surface area contributed by atoms with Crippen LogP contribution in [-0.2, 0) is 11.2 Å². The van der Waals surface area contributed by atoms with Crippen LogP contribution in [0.1, 0.15) is 49.1 Å². The highest BCUT2D eigenvalue weighted by molar-refractivity contribution is 5.85. The number of carbonyl (C=O) groups is 1. The molecular weight excluding hydrogens is 414 g/mol. The molecule has 7 heteroatoms. The number of hydrogen-bond acceptors (Lipinski definition) is 6. The van der Waals surface area contributed by atoms with Gasteiger partial charge in [-0.05, 0) is 67.9 Å². The number of allylic oxidation sites excluding steroid dienone is 4. The van der Waals surface area contributed by atoms with Crippen molar-refractivity contribution in [3.63, 3.8) is 0 Å². The number of aromatic nitrogens is 3. The fourth-order valence-corrected chi connectivity index (χ4v) is 4.89. The summed E-state index contributed by atoms with van der Waals surface area (Å²) in [6.07, 6.45) is 13.0. The molecule has 0 aromatic carbocycles. The van der Waals surface area contributed by atoms with Crippen molar-refractivity contribution >= 4 is 23.1 Å². The topological polar surface area (TPSA) is 71.5 Å². The molecule has 3 heterocycles. The maximum Gasteiger partial charge on any atom is 0.409 e. The molecule has 7 nitrogen and oxygen atoms in total. The molecule has 5 rings (SSSR count). The molecule has 33 heavy (non-hydrogen) atoms. The van der Waals surface area contributed by atoms with Gasteiger partial charge in [0, 0.05) is 50.1 Å². The van der Waals surface area contributed by atoms with Gasteiger partial charge >= 0.3 is 6.09 Å². The lowest BCUT2D eigenvalue weighted by Gasteiger charge is -2.41. The van der Waals surface area contributed by atoms with E-state index in [1.165, 1.54) is 29.6 Å². The van der Waals surface area contributed by atoms with E-state index in [1.807, 2.05) is 19.3 Å². The van der Waals surface area contributed by atoms with Crippen LogP contribution in [0.2, 0.25) is 0 Å². The van der Waals surface area contributed by atoms with Gasteiger partial charge in [0.15, 0.2) is 0 Å². The smallest absolute Gasteiger partial charge is 0.409 e. The summed E-state index contributed by atoms with van der Waals surface area (Å²) in [5.41, 5.74) is 7.13. The van der Waals surface area contributed by atoms with Gasteiger partial charge in [0.2, 0.25) is 0 Å². The first-order valence-corrected chi connectivity index (χ1v) is 11.9. The summed E-state index contributed by atoms with van der Waals surface area (Å²) in [5, 5.41) is 0. The average molecular weight is 446 g/mol. The van der Waals surface area contributed by atoms with Gasteiger partial charge in [-0.3, -0.25) is 4.98 Å². The first kappa shape index (κ1) is 21.6. The number of aryl methyl sites for hydroxylation is 1. The normalized spacial score (nSPS) is 20.5. The Kier molecular flexibility index (Phi) is 5.87. The lowest BCUT2D eigenvalue weighted by atomic mass is 9.97. The van der Waals surface area contributed by atoms with Gasteiger partial charge in [0.1, 0.15) is 12.1 Å². The number of nitrogens with zero attached hydrogens (tertiary/aromatic N) is 5. The first-order valence-electron chi connectivity index (χ1n) is 11.9. The summed E-state index contributed by atoms with van der Waals surface area (Å²) < 4.78 is 5.22. The van der Waals surface area contributed by atoms with Crippen molar-refractivity contribution in [2.45, 2.75) is 46.1 Å². The number of amides is 1. The SMILES string of the molecule is CCOC(=O)N1CCN(c2ncnc3c2C(C2CC2)=CC=C(c2cncc(C)c2)C3)[C@@H](C)C1. The Morgan fingerprint density at radius 2 is 2.03 bits per heavy atom. The van der Waals surface area contributed by atoms with Crippen molar-refractivity contribution in [1.29, 1.82) is 0 Å². The molecule has 1 atom stereocenters. The number of rotatable bonds is 4. The van der Waals surface area contributed by atoms with Crippen molar-refractivity contribution in [3.05, 3.63) is 59.3 Å². The molecule has 2 aromatic heterocycles. The van der Waals surface area contributed by atoms with Gasteiger partial charge in [-0.15, -0.1) is 0 Å². The Bertz CT molecular complexity index is 1120. The van der Waals surface area contributed by atoms with Crippen molar-refractivity contribution < 1.29 is 9.53 Å². The maximum absolute atomic E-state index is 12.2. The molecular formula is C26H31N5O2. The van der Waals surface area contributed by atoms with Crippen LogP contribution in [0.15, 0.2) is 36.9 Å². The largest absolute Gasteiger partial charge is 0.450 e. The van der Waals surface area contributed by atoms with Gasteiger partial charge in [0.05, 0.1) is 12.3 Å². The Hall–Kier alpha value is -3.22. The lowest BCUT2D eigenvalue weighted by Crippen LogP contribution is -2.54. The molecule has 172 valence electrons. The molecule has 1 aliphatic heterocycles. The third kappa shape index (κ3) is 4.36. The first-order chi connectivity index (χ1) is 16.0. The molecule has 1 saturated heterocycles. The highest BCUT2D eigenvalue weighted by atomic mass is 16.6. The molecule has 1 saturated carbocycles. The van der Waals surface area contributed by atoms with Crippen LogP contribution in [0.25, 0.3) is 11.1 Å². The zero-order chi connectivity index (χ0) is 22.9. The van der Waals surface area contributed by atoms with E-state index < -0.39 is 0 Å². The van der Waals surface area contributed by atoms with E-state index in [0.29, 0.717) is 25.6 Å². The Morgan fingerprint density at radius 3 is 2.76 bits per heavy atom. The quantitative estimate of drug-likeness (QED) is 0.700. The number of anilines is 1. The number of pyridine rings is 1. The standard InChI is InChI=1S/C26H31N5O2/c1-4-33-26(32)30-9-10-31(18(3)15-30)25-24-22(19-5-6-19)8-7-20(12-23(24)28-16-29-25)21-11-17(2)13-27-14-21/h7-8,11,13-14,16,18-19H,4-6,9-10,12,15H2,1-3H3/t18-/m0/s1. The van der Waals surface area contributed by atoms with E-state index in [-0.39, 0.29) is 12.1 Å². The molecule has 2 aromatic rings. The minimum atomic E-state index is -0.232. The molecule has 2 fully saturated rings. The third-order valence-corrected chi connectivity index (χ3v) is 6.70. The van der Waals surface area contributed by atoms with E-state index in [1.54, 1.807) is 11.2 Å². The van der Waals surface area contributed by atoms with E-state index >= 15 is 0 Å². The number of ether oxygens (including phenoxy) is 1. The second-order valence-corrected chi connectivity index (χ2v) is 9.22. The second kappa shape index (κ2) is 8.96. The predicted molar refractivity (Wildman–Crippen MR) is 129 cm³/mol. The number of carbonyl (C=O) groups excluding carboxylic acids is 1. The summed E-state index contributed by atoms with van der Waals surface area (Å²) in [4.78, 5) is 30.3. The van der Waals surface area contributed by atoms with Crippen LogP contribution in [-0.4, -0.2) is 58.2 Å². The van der Waals surface area contributed by atoms with E-state index in [4.69, 9.17) is 14.7 Å². The summed E-state index contributed by atoms with van der Waals surface area (Å²) in [7, 11) is 0. The number of fused-ring (bicyclic) bond motifs is 1. The summed E-state index contributed by atoms with van der Waals surface area (Å²) in [6.45, 7) is 8.44. The van der Waals surface area contributed by atoms with Crippen LogP contribution < -0.4 is 4.90 Å². The highest BCUT2D eigenvalue weighted by Crippen LogP contribution is 2.47. The second-order valence-electron chi connectivity index (χ2n) is 9.22. The third-order valence-electron chi connectivity index (χ3n) is 6.70. The number of piperazine rings is 1. The fourth-order valence-electron chi connectivity index (χ4n) is 4.89. The van der Waals surface area contributed by atoms with Crippen molar-refractivity contribution in [3.8, 4) is 0 Å². The van der Waals surface area contributed by atoms with Crippen molar-refractivity contribution in [2.24, 2.45) is 5.92 Å². The molecule has 3 aliphatic rings. The molecule has 0 bridgehead atoms. The zero-order valence-corrected chi connectivity index (χ0v) is 19.6. The summed E-state index contributed by atoms with van der Waals surface area (Å²) in [6, 6.07) is 2.33. The summed E-state index contributed by atoms with van der Waals surface area (Å²) in [5.74, 6) is 1.56. The average Bonchev–Trinajstić information content (AvgIpc) is 3.65. The molecule has 1 amide bonds. The molecule has 0 radical (unpaired) electrons. The van der Waals surface area contributed by atoms with Gasteiger partial charge in [-0.1, -0.05) is 12.2 Å². The van der Waals surface area contributed by atoms with E-state index in [0.717, 1.165) is 35.6 Å². The maximum atomic E-state index is 12.2. The Morgan fingerprint density at radius 1 is 1.18 bits per heavy atom. The Balaban J connectivity index is 1.49. The van der Waals surface area contributed by atoms with Crippen LogP contribution in [0.5, 0.6) is 0 Å². The monoisotopic (exact) mass is 445 g/mol. The summed E-state index contributed by atoms with van der Waals surface area (Å²) >= 11 is 0. The zero-order valence-electron chi connectivity index (χ0n) is 19.6. The fraction of sp³-hybridized carbons (Fsp3) is 0.462. The molecule has 2 aliphatic carbocycles.